The van der Waals surface area contributed by atoms with Crippen LogP contribution >= 0.6 is 27.3 Å². The topological polar surface area (TPSA) is 60.2 Å². The lowest BCUT2D eigenvalue weighted by Crippen LogP contribution is -2.30. The third-order valence-corrected chi connectivity index (χ3v) is 4.17. The molecule has 0 spiro atoms. The molecule has 0 saturated heterocycles. The number of nitrogens with zero attached hydrogens (tertiary/aromatic N) is 1. The predicted octanol–water partition coefficient (Wildman–Crippen LogP) is 2.97. The standard InChI is InChI=1S/C13H16BrN3OS/c1-8-16-10(7-19-8)6-12(17-15)11-4-3-9(14)5-13(11)18-2/h3-5,7,12,17H,6,15H2,1-2H3. The lowest BCUT2D eigenvalue weighted by atomic mass is 10.0. The number of hydrogen-bond donors (Lipinski definition) is 2. The summed E-state index contributed by atoms with van der Waals surface area (Å²) in [5.74, 6) is 6.49. The van der Waals surface area contributed by atoms with Gasteiger partial charge in [0.05, 0.1) is 23.9 Å². The second-order valence-corrected chi connectivity index (χ2v) is 6.15. The molecule has 0 bridgehead atoms. The zero-order chi connectivity index (χ0) is 13.8. The van der Waals surface area contributed by atoms with Crippen LogP contribution in [0.1, 0.15) is 22.3 Å². The number of halogens is 1. The normalized spacial score (nSPS) is 12.4. The van der Waals surface area contributed by atoms with Crippen molar-refractivity contribution in [1.29, 1.82) is 0 Å². The van der Waals surface area contributed by atoms with Gasteiger partial charge in [0.15, 0.2) is 0 Å². The average Bonchev–Trinajstić information content (AvgIpc) is 2.81. The Morgan fingerprint density at radius 1 is 1.53 bits per heavy atom. The van der Waals surface area contributed by atoms with Crippen LogP contribution in [0.2, 0.25) is 0 Å². The number of nitrogens with one attached hydrogen (secondary N) is 1. The first-order valence-electron chi connectivity index (χ1n) is 5.84. The second-order valence-electron chi connectivity index (χ2n) is 4.17. The van der Waals surface area contributed by atoms with Crippen LogP contribution < -0.4 is 16.0 Å². The van der Waals surface area contributed by atoms with Crippen LogP contribution in [0.4, 0.5) is 0 Å². The minimum atomic E-state index is -0.0236. The van der Waals surface area contributed by atoms with Crippen LogP contribution in [-0.2, 0) is 6.42 Å². The monoisotopic (exact) mass is 341 g/mol. The first-order valence-corrected chi connectivity index (χ1v) is 7.52. The van der Waals surface area contributed by atoms with Crippen LogP contribution in [0.3, 0.4) is 0 Å². The van der Waals surface area contributed by atoms with Crippen molar-refractivity contribution in [1.82, 2.24) is 10.4 Å². The molecule has 0 fully saturated rings. The quantitative estimate of drug-likeness (QED) is 0.648. The van der Waals surface area contributed by atoms with E-state index < -0.39 is 0 Å². The van der Waals surface area contributed by atoms with Gasteiger partial charge in [0.25, 0.3) is 0 Å². The minimum absolute atomic E-state index is 0.0236. The second kappa shape index (κ2) is 6.47. The number of hydrogen-bond acceptors (Lipinski definition) is 5. The molecule has 0 amide bonds. The Morgan fingerprint density at radius 3 is 2.89 bits per heavy atom. The Hall–Kier alpha value is -0.950. The molecule has 1 aromatic carbocycles. The molecular formula is C13H16BrN3OS. The molecule has 19 heavy (non-hydrogen) atoms. The maximum atomic E-state index is 5.68. The van der Waals surface area contributed by atoms with Gasteiger partial charge in [-0.25, -0.2) is 4.98 Å². The number of aromatic nitrogens is 1. The SMILES string of the molecule is COc1cc(Br)ccc1C(Cc1csc(C)n1)NN. The van der Waals surface area contributed by atoms with Crippen molar-refractivity contribution in [3.63, 3.8) is 0 Å². The number of benzene rings is 1. The molecule has 3 N–H and O–H groups in total. The molecule has 1 unspecified atom stereocenters. The highest BCUT2D eigenvalue weighted by atomic mass is 79.9. The van der Waals surface area contributed by atoms with Gasteiger partial charge in [-0.15, -0.1) is 11.3 Å². The van der Waals surface area contributed by atoms with Crippen molar-refractivity contribution < 1.29 is 4.74 Å². The predicted molar refractivity (Wildman–Crippen MR) is 81.3 cm³/mol. The van der Waals surface area contributed by atoms with E-state index >= 15 is 0 Å². The van der Waals surface area contributed by atoms with Crippen LogP contribution in [0.5, 0.6) is 5.75 Å². The summed E-state index contributed by atoms with van der Waals surface area (Å²) < 4.78 is 6.39. The smallest absolute Gasteiger partial charge is 0.124 e. The van der Waals surface area contributed by atoms with E-state index in [9.17, 15) is 0 Å². The van der Waals surface area contributed by atoms with Crippen molar-refractivity contribution in [2.75, 3.05) is 7.11 Å². The molecule has 0 aliphatic rings. The van der Waals surface area contributed by atoms with Crippen molar-refractivity contribution >= 4 is 27.3 Å². The lowest BCUT2D eigenvalue weighted by Gasteiger charge is -2.18. The number of ether oxygens (including phenoxy) is 1. The maximum Gasteiger partial charge on any atom is 0.124 e. The van der Waals surface area contributed by atoms with Crippen LogP contribution in [-0.4, -0.2) is 12.1 Å². The molecule has 1 atom stereocenters. The Bertz CT molecular complexity index is 559. The van der Waals surface area contributed by atoms with E-state index in [2.05, 4.69) is 31.7 Å². The van der Waals surface area contributed by atoms with E-state index in [1.54, 1.807) is 18.4 Å². The molecule has 1 heterocycles. The summed E-state index contributed by atoms with van der Waals surface area (Å²) in [5, 5.41) is 3.12. The summed E-state index contributed by atoms with van der Waals surface area (Å²) in [7, 11) is 1.66. The first-order chi connectivity index (χ1) is 9.13. The number of aryl methyl sites for hydroxylation is 1. The minimum Gasteiger partial charge on any atom is -0.496 e. The summed E-state index contributed by atoms with van der Waals surface area (Å²) in [6.45, 7) is 2.00. The molecule has 102 valence electrons. The maximum absolute atomic E-state index is 5.68. The Kier molecular flexibility index (Phi) is 4.93. The van der Waals surface area contributed by atoms with Gasteiger partial charge in [-0.2, -0.15) is 0 Å². The Balaban J connectivity index is 2.26. The van der Waals surface area contributed by atoms with Gasteiger partial charge in [0.1, 0.15) is 5.75 Å². The van der Waals surface area contributed by atoms with Crippen LogP contribution in [0.25, 0.3) is 0 Å². The fourth-order valence-corrected chi connectivity index (χ4v) is 2.91. The summed E-state index contributed by atoms with van der Waals surface area (Å²) in [5.41, 5.74) is 4.90. The summed E-state index contributed by atoms with van der Waals surface area (Å²) in [4.78, 5) is 4.47. The van der Waals surface area contributed by atoms with Crippen molar-refractivity contribution in [3.05, 3.63) is 44.3 Å². The van der Waals surface area contributed by atoms with Gasteiger partial charge in [0, 0.05) is 21.8 Å². The summed E-state index contributed by atoms with van der Waals surface area (Å²) in [6.07, 6.45) is 0.735. The molecule has 0 aliphatic heterocycles. The largest absolute Gasteiger partial charge is 0.496 e. The van der Waals surface area contributed by atoms with E-state index in [0.29, 0.717) is 0 Å². The Labute approximate surface area is 125 Å². The summed E-state index contributed by atoms with van der Waals surface area (Å²) >= 11 is 5.08. The highest BCUT2D eigenvalue weighted by molar-refractivity contribution is 9.10. The number of methoxy groups -OCH3 is 1. The van der Waals surface area contributed by atoms with E-state index in [1.165, 1.54) is 0 Å². The van der Waals surface area contributed by atoms with E-state index in [-0.39, 0.29) is 6.04 Å². The van der Waals surface area contributed by atoms with E-state index in [1.807, 2.05) is 25.1 Å². The first kappa shape index (κ1) is 14.5. The molecular weight excluding hydrogens is 326 g/mol. The number of thiazole rings is 1. The fraction of sp³-hybridized carbons (Fsp3) is 0.308. The van der Waals surface area contributed by atoms with E-state index in [4.69, 9.17) is 10.6 Å². The van der Waals surface area contributed by atoms with Crippen molar-refractivity contribution in [2.24, 2.45) is 5.84 Å². The van der Waals surface area contributed by atoms with Crippen LogP contribution in [0.15, 0.2) is 28.1 Å². The van der Waals surface area contributed by atoms with Gasteiger partial charge >= 0.3 is 0 Å². The highest BCUT2D eigenvalue weighted by Crippen LogP contribution is 2.30. The molecule has 0 aliphatic carbocycles. The number of nitrogens with two attached hydrogens (primary N) is 1. The molecule has 0 radical (unpaired) electrons. The van der Waals surface area contributed by atoms with Gasteiger partial charge < -0.3 is 4.74 Å². The highest BCUT2D eigenvalue weighted by Gasteiger charge is 2.17. The third-order valence-electron chi connectivity index (χ3n) is 2.85. The van der Waals surface area contributed by atoms with Crippen molar-refractivity contribution in [3.8, 4) is 5.75 Å². The van der Waals surface area contributed by atoms with Gasteiger partial charge in [-0.05, 0) is 19.1 Å². The summed E-state index contributed by atoms with van der Waals surface area (Å²) in [6, 6.07) is 5.90. The van der Waals surface area contributed by atoms with Crippen molar-refractivity contribution in [2.45, 2.75) is 19.4 Å². The zero-order valence-corrected chi connectivity index (χ0v) is 13.2. The number of rotatable bonds is 5. The van der Waals surface area contributed by atoms with Crippen LogP contribution in [0, 0.1) is 6.92 Å². The molecule has 2 aromatic rings. The lowest BCUT2D eigenvalue weighted by molar-refractivity contribution is 0.398. The van der Waals surface area contributed by atoms with Gasteiger partial charge in [-0.1, -0.05) is 22.0 Å². The van der Waals surface area contributed by atoms with Gasteiger partial charge in [0.2, 0.25) is 0 Å². The fourth-order valence-electron chi connectivity index (χ4n) is 1.94. The molecule has 4 nitrogen and oxygen atoms in total. The average molecular weight is 342 g/mol. The molecule has 1 aromatic heterocycles. The molecule has 0 saturated carbocycles. The molecule has 2 rings (SSSR count). The number of hydrazine groups is 1. The molecule has 6 heteroatoms. The van der Waals surface area contributed by atoms with Gasteiger partial charge in [-0.3, -0.25) is 11.3 Å². The zero-order valence-electron chi connectivity index (χ0n) is 10.8. The van der Waals surface area contributed by atoms with E-state index in [0.717, 1.165) is 32.9 Å². The third kappa shape index (κ3) is 3.54. The Morgan fingerprint density at radius 2 is 2.32 bits per heavy atom.